The number of nitrogens with two attached hydrogens (primary N) is 1. The highest BCUT2D eigenvalue weighted by atomic mass is 16.4. The third kappa shape index (κ3) is 5.23. The summed E-state index contributed by atoms with van der Waals surface area (Å²) >= 11 is 0. The molecule has 1 aromatic rings. The maximum absolute atomic E-state index is 11.8. The Bertz CT molecular complexity index is 557. The predicted octanol–water partition coefficient (Wildman–Crippen LogP) is 1.27. The lowest BCUT2D eigenvalue weighted by atomic mass is 10.1. The van der Waals surface area contributed by atoms with E-state index in [-0.39, 0.29) is 35.4 Å². The van der Waals surface area contributed by atoms with Crippen molar-refractivity contribution in [2.75, 3.05) is 17.2 Å². The Morgan fingerprint density at radius 2 is 1.95 bits per heavy atom. The van der Waals surface area contributed by atoms with Crippen LogP contribution in [0.4, 0.5) is 11.4 Å². The monoisotopic (exact) mass is 293 g/mol. The van der Waals surface area contributed by atoms with Crippen molar-refractivity contribution in [3.8, 4) is 0 Å². The Morgan fingerprint density at radius 3 is 2.48 bits per heavy atom. The summed E-state index contributed by atoms with van der Waals surface area (Å²) in [5.41, 5.74) is 5.90. The number of hydrogen-bond acceptors (Lipinski definition) is 4. The Kier molecular flexibility index (Phi) is 5.86. The van der Waals surface area contributed by atoms with Gasteiger partial charge in [-0.2, -0.15) is 0 Å². The second-order valence-corrected chi connectivity index (χ2v) is 4.84. The molecule has 7 heteroatoms. The summed E-state index contributed by atoms with van der Waals surface area (Å²) in [4.78, 5) is 34.0. The molecule has 0 saturated carbocycles. The molecular weight excluding hydrogens is 274 g/mol. The zero-order valence-corrected chi connectivity index (χ0v) is 12.0. The van der Waals surface area contributed by atoms with E-state index in [1.54, 1.807) is 0 Å². The van der Waals surface area contributed by atoms with Crippen molar-refractivity contribution < 1.29 is 19.5 Å². The van der Waals surface area contributed by atoms with Crippen molar-refractivity contribution >= 4 is 29.2 Å². The number of rotatable bonds is 6. The number of carbonyl (C=O) groups is 3. The molecule has 1 rings (SSSR count). The average molecular weight is 293 g/mol. The molecule has 0 bridgehead atoms. The first-order valence-electron chi connectivity index (χ1n) is 6.48. The van der Waals surface area contributed by atoms with Crippen molar-refractivity contribution in [3.05, 3.63) is 23.8 Å². The summed E-state index contributed by atoms with van der Waals surface area (Å²) < 4.78 is 0. The van der Waals surface area contributed by atoms with Crippen molar-refractivity contribution in [2.24, 2.45) is 11.7 Å². The molecule has 1 atom stereocenters. The molecule has 2 amide bonds. The van der Waals surface area contributed by atoms with Crippen LogP contribution in [0.25, 0.3) is 0 Å². The van der Waals surface area contributed by atoms with Gasteiger partial charge in [0.05, 0.1) is 11.3 Å². The summed E-state index contributed by atoms with van der Waals surface area (Å²) in [6.07, 6.45) is 0.211. The minimum absolute atomic E-state index is 0.0110. The molecule has 0 spiro atoms. The van der Waals surface area contributed by atoms with Crippen LogP contribution in [-0.2, 0) is 9.59 Å². The van der Waals surface area contributed by atoms with E-state index in [9.17, 15) is 19.5 Å². The van der Waals surface area contributed by atoms with E-state index in [0.717, 1.165) is 0 Å². The van der Waals surface area contributed by atoms with Gasteiger partial charge in [0.1, 0.15) is 0 Å². The van der Waals surface area contributed by atoms with Crippen molar-refractivity contribution in [2.45, 2.75) is 20.3 Å². The first kappa shape index (κ1) is 16.6. The third-order valence-electron chi connectivity index (χ3n) is 2.78. The van der Waals surface area contributed by atoms with Gasteiger partial charge in [0.15, 0.2) is 0 Å². The number of aromatic carboxylic acids is 1. The Morgan fingerprint density at radius 1 is 1.29 bits per heavy atom. The van der Waals surface area contributed by atoms with Crippen molar-refractivity contribution in [3.63, 3.8) is 0 Å². The highest BCUT2D eigenvalue weighted by Gasteiger charge is 2.15. The number of carboxylic acid groups (broad SMARTS) is 1. The molecular formula is C14H19N3O4. The van der Waals surface area contributed by atoms with Crippen LogP contribution in [0.5, 0.6) is 0 Å². The molecule has 5 N–H and O–H groups in total. The predicted molar refractivity (Wildman–Crippen MR) is 79.2 cm³/mol. The molecule has 1 unspecified atom stereocenters. The van der Waals surface area contributed by atoms with Gasteiger partial charge >= 0.3 is 5.97 Å². The topological polar surface area (TPSA) is 122 Å². The van der Waals surface area contributed by atoms with Gasteiger partial charge in [-0.15, -0.1) is 0 Å². The molecule has 114 valence electrons. The van der Waals surface area contributed by atoms with Gasteiger partial charge in [-0.05, 0) is 30.7 Å². The van der Waals surface area contributed by atoms with Crippen LogP contribution < -0.4 is 16.4 Å². The van der Waals surface area contributed by atoms with Crippen molar-refractivity contribution in [1.82, 2.24) is 0 Å². The number of benzene rings is 1. The molecule has 21 heavy (non-hydrogen) atoms. The molecule has 0 fully saturated rings. The Hall–Kier alpha value is -2.41. The van der Waals surface area contributed by atoms with Crippen LogP contribution >= 0.6 is 0 Å². The van der Waals surface area contributed by atoms with Gasteiger partial charge < -0.3 is 21.5 Å². The molecule has 0 heterocycles. The standard InChI is InChI=1S/C14H19N3O4/c1-8(7-15)5-13(19)17-12-4-3-10(16-9(2)18)6-11(12)14(20)21/h3-4,6,8H,5,7,15H2,1-2H3,(H,16,18)(H,17,19)(H,20,21). The fourth-order valence-corrected chi connectivity index (χ4v) is 1.71. The minimum Gasteiger partial charge on any atom is -0.478 e. The molecule has 0 saturated heterocycles. The summed E-state index contributed by atoms with van der Waals surface area (Å²) in [5.74, 6) is -1.79. The zero-order chi connectivity index (χ0) is 16.0. The number of anilines is 2. The molecule has 0 aromatic heterocycles. The van der Waals surface area contributed by atoms with E-state index >= 15 is 0 Å². The van der Waals surface area contributed by atoms with Crippen molar-refractivity contribution in [1.29, 1.82) is 0 Å². The van der Waals surface area contributed by atoms with Crippen LogP contribution in [0, 0.1) is 5.92 Å². The van der Waals surface area contributed by atoms with Gasteiger partial charge in [0.2, 0.25) is 11.8 Å². The largest absolute Gasteiger partial charge is 0.478 e. The maximum Gasteiger partial charge on any atom is 0.337 e. The number of carbonyl (C=O) groups excluding carboxylic acids is 2. The smallest absolute Gasteiger partial charge is 0.337 e. The summed E-state index contributed by atoms with van der Waals surface area (Å²) in [5, 5.41) is 14.2. The van der Waals surface area contributed by atoms with Gasteiger partial charge in [0.25, 0.3) is 0 Å². The lowest BCUT2D eigenvalue weighted by molar-refractivity contribution is -0.117. The Labute approximate surface area is 122 Å². The zero-order valence-electron chi connectivity index (χ0n) is 12.0. The molecule has 1 aromatic carbocycles. The van der Waals surface area contributed by atoms with Gasteiger partial charge in [0, 0.05) is 19.0 Å². The first-order chi connectivity index (χ1) is 9.83. The van der Waals surface area contributed by atoms with Crippen LogP contribution in [-0.4, -0.2) is 29.4 Å². The molecule has 0 radical (unpaired) electrons. The van der Waals surface area contributed by atoms with E-state index in [0.29, 0.717) is 12.2 Å². The number of carboxylic acids is 1. The van der Waals surface area contributed by atoms with Crippen LogP contribution in [0.15, 0.2) is 18.2 Å². The van der Waals surface area contributed by atoms with E-state index in [4.69, 9.17) is 5.73 Å². The second-order valence-electron chi connectivity index (χ2n) is 4.84. The SMILES string of the molecule is CC(=O)Nc1ccc(NC(=O)CC(C)CN)c(C(=O)O)c1. The van der Waals surface area contributed by atoms with Crippen LogP contribution in [0.1, 0.15) is 30.6 Å². The van der Waals surface area contributed by atoms with Gasteiger partial charge in [-0.3, -0.25) is 9.59 Å². The Balaban J connectivity index is 2.93. The third-order valence-corrected chi connectivity index (χ3v) is 2.78. The fourth-order valence-electron chi connectivity index (χ4n) is 1.71. The quantitative estimate of drug-likeness (QED) is 0.629. The minimum atomic E-state index is -1.19. The number of nitrogens with one attached hydrogen (secondary N) is 2. The lowest BCUT2D eigenvalue weighted by Crippen LogP contribution is -2.21. The average Bonchev–Trinajstić information content (AvgIpc) is 2.39. The van der Waals surface area contributed by atoms with E-state index in [1.807, 2.05) is 6.92 Å². The summed E-state index contributed by atoms with van der Waals surface area (Å²) in [6, 6.07) is 4.27. The highest BCUT2D eigenvalue weighted by molar-refractivity contribution is 6.02. The number of hydrogen-bond donors (Lipinski definition) is 4. The van der Waals surface area contributed by atoms with Gasteiger partial charge in [-0.25, -0.2) is 4.79 Å². The second kappa shape index (κ2) is 7.39. The molecule has 0 aliphatic carbocycles. The normalized spacial score (nSPS) is 11.6. The number of amides is 2. The van der Waals surface area contributed by atoms with Gasteiger partial charge in [-0.1, -0.05) is 6.92 Å². The van der Waals surface area contributed by atoms with E-state index in [1.165, 1.54) is 25.1 Å². The van der Waals surface area contributed by atoms with E-state index in [2.05, 4.69) is 10.6 Å². The van der Waals surface area contributed by atoms with Crippen LogP contribution in [0.3, 0.4) is 0 Å². The van der Waals surface area contributed by atoms with E-state index < -0.39 is 5.97 Å². The summed E-state index contributed by atoms with van der Waals surface area (Å²) in [7, 11) is 0. The summed E-state index contributed by atoms with van der Waals surface area (Å²) in [6.45, 7) is 3.53. The molecule has 0 aliphatic rings. The highest BCUT2D eigenvalue weighted by Crippen LogP contribution is 2.21. The van der Waals surface area contributed by atoms with Crippen LogP contribution in [0.2, 0.25) is 0 Å². The molecule has 0 aliphatic heterocycles. The first-order valence-corrected chi connectivity index (χ1v) is 6.48. The maximum atomic E-state index is 11.8. The molecule has 7 nitrogen and oxygen atoms in total. The fraction of sp³-hybridized carbons (Fsp3) is 0.357. The lowest BCUT2D eigenvalue weighted by Gasteiger charge is -2.12.